The van der Waals surface area contributed by atoms with Gasteiger partial charge in [-0.3, -0.25) is 9.78 Å². The van der Waals surface area contributed by atoms with Gasteiger partial charge in [-0.25, -0.2) is 0 Å². The van der Waals surface area contributed by atoms with E-state index >= 15 is 0 Å². The normalized spacial score (nSPS) is 15.0. The molecule has 1 saturated heterocycles. The van der Waals surface area contributed by atoms with Crippen molar-refractivity contribution in [1.29, 1.82) is 0 Å². The van der Waals surface area contributed by atoms with Crippen LogP contribution >= 0.6 is 23.2 Å². The summed E-state index contributed by atoms with van der Waals surface area (Å²) in [6, 6.07) is 8.80. The van der Waals surface area contributed by atoms with Crippen molar-refractivity contribution in [2.75, 3.05) is 23.3 Å². The van der Waals surface area contributed by atoms with Crippen LogP contribution in [-0.2, 0) is 0 Å². The second-order valence-electron chi connectivity index (χ2n) is 5.88. The number of aromatic nitrogens is 1. The Morgan fingerprint density at radius 1 is 1.00 bits per heavy atom. The lowest BCUT2D eigenvalue weighted by Crippen LogP contribution is -2.24. The van der Waals surface area contributed by atoms with E-state index in [1.165, 1.54) is 25.7 Å². The van der Waals surface area contributed by atoms with Crippen LogP contribution in [0, 0.1) is 0 Å². The fourth-order valence-electron chi connectivity index (χ4n) is 2.84. The van der Waals surface area contributed by atoms with Crippen LogP contribution in [0.5, 0.6) is 0 Å². The molecule has 0 spiro atoms. The maximum Gasteiger partial charge on any atom is 0.274 e. The number of carbonyl (C=O) groups is 1. The van der Waals surface area contributed by atoms with Crippen molar-refractivity contribution < 1.29 is 4.79 Å². The molecular weight excluding hydrogens is 345 g/mol. The lowest BCUT2D eigenvalue weighted by molar-refractivity contribution is 0.102. The van der Waals surface area contributed by atoms with Gasteiger partial charge in [0.15, 0.2) is 0 Å². The monoisotopic (exact) mass is 363 g/mol. The Kier molecular flexibility index (Phi) is 5.59. The minimum atomic E-state index is -0.259. The molecule has 0 saturated carbocycles. The van der Waals surface area contributed by atoms with E-state index in [0.717, 1.165) is 18.8 Å². The van der Waals surface area contributed by atoms with Crippen LogP contribution in [0.25, 0.3) is 0 Å². The lowest BCUT2D eigenvalue weighted by atomic mass is 10.2. The van der Waals surface area contributed by atoms with E-state index in [0.29, 0.717) is 21.4 Å². The first kappa shape index (κ1) is 17.1. The molecule has 1 fully saturated rings. The molecule has 1 aliphatic rings. The van der Waals surface area contributed by atoms with Gasteiger partial charge in [0.05, 0.1) is 10.0 Å². The van der Waals surface area contributed by atoms with Gasteiger partial charge >= 0.3 is 0 Å². The maximum atomic E-state index is 12.4. The molecule has 2 heterocycles. The second-order valence-corrected chi connectivity index (χ2v) is 6.70. The molecule has 1 aromatic heterocycles. The maximum absolute atomic E-state index is 12.4. The van der Waals surface area contributed by atoms with E-state index in [1.807, 2.05) is 12.1 Å². The van der Waals surface area contributed by atoms with E-state index in [1.54, 1.807) is 24.4 Å². The number of nitrogens with zero attached hydrogens (tertiary/aromatic N) is 2. The molecule has 1 N–H and O–H groups in total. The van der Waals surface area contributed by atoms with Gasteiger partial charge < -0.3 is 10.2 Å². The first-order valence-electron chi connectivity index (χ1n) is 8.11. The van der Waals surface area contributed by atoms with Crippen molar-refractivity contribution in [3.63, 3.8) is 0 Å². The molecule has 0 unspecified atom stereocenters. The molecule has 1 amide bonds. The molecule has 0 radical (unpaired) electrons. The average Bonchev–Trinajstić information content (AvgIpc) is 2.88. The molecule has 6 heteroatoms. The van der Waals surface area contributed by atoms with Gasteiger partial charge in [0, 0.05) is 30.7 Å². The number of hydrogen-bond acceptors (Lipinski definition) is 3. The van der Waals surface area contributed by atoms with E-state index in [2.05, 4.69) is 15.2 Å². The molecule has 3 rings (SSSR count). The smallest absolute Gasteiger partial charge is 0.274 e. The Morgan fingerprint density at radius 2 is 1.75 bits per heavy atom. The van der Waals surface area contributed by atoms with Crippen LogP contribution in [-0.4, -0.2) is 24.0 Å². The number of anilines is 2. The molecule has 0 aliphatic carbocycles. The fraction of sp³-hybridized carbons (Fsp3) is 0.333. The summed E-state index contributed by atoms with van der Waals surface area (Å²) in [5.41, 5.74) is 2.03. The van der Waals surface area contributed by atoms with E-state index in [4.69, 9.17) is 23.2 Å². The first-order chi connectivity index (χ1) is 11.6. The van der Waals surface area contributed by atoms with E-state index in [9.17, 15) is 4.79 Å². The van der Waals surface area contributed by atoms with Crippen molar-refractivity contribution in [2.24, 2.45) is 0 Å². The number of rotatable bonds is 3. The standard InChI is InChI=1S/C18H19Cl2N3O/c19-15-6-5-13(11-16(15)20)22-18(24)17-12-14(7-8-21-17)23-9-3-1-2-4-10-23/h5-8,11-12H,1-4,9-10H2,(H,22,24). The van der Waals surface area contributed by atoms with Crippen molar-refractivity contribution in [1.82, 2.24) is 4.98 Å². The van der Waals surface area contributed by atoms with Crippen molar-refractivity contribution in [2.45, 2.75) is 25.7 Å². The number of halogens is 2. The molecule has 0 bridgehead atoms. The van der Waals surface area contributed by atoms with Gasteiger partial charge in [-0.1, -0.05) is 36.0 Å². The zero-order valence-electron chi connectivity index (χ0n) is 13.3. The zero-order valence-corrected chi connectivity index (χ0v) is 14.8. The number of hydrogen-bond donors (Lipinski definition) is 1. The topological polar surface area (TPSA) is 45.2 Å². The van der Waals surface area contributed by atoms with Crippen molar-refractivity contribution in [3.8, 4) is 0 Å². The summed E-state index contributed by atoms with van der Waals surface area (Å²) in [6.45, 7) is 2.05. The molecular formula is C18H19Cl2N3O. The predicted octanol–water partition coefficient (Wildman–Crippen LogP) is 5.02. The summed E-state index contributed by atoms with van der Waals surface area (Å²) in [4.78, 5) is 19.0. The average molecular weight is 364 g/mol. The quantitative estimate of drug-likeness (QED) is 0.832. The van der Waals surface area contributed by atoms with E-state index < -0.39 is 0 Å². The molecule has 126 valence electrons. The molecule has 1 aromatic carbocycles. The molecule has 24 heavy (non-hydrogen) atoms. The molecule has 4 nitrogen and oxygen atoms in total. The van der Waals surface area contributed by atoms with Gasteiger partial charge in [-0.15, -0.1) is 0 Å². The Balaban J connectivity index is 1.74. The van der Waals surface area contributed by atoms with Crippen LogP contribution in [0.1, 0.15) is 36.2 Å². The van der Waals surface area contributed by atoms with Crippen LogP contribution < -0.4 is 10.2 Å². The first-order valence-corrected chi connectivity index (χ1v) is 8.86. The number of nitrogens with one attached hydrogen (secondary N) is 1. The summed E-state index contributed by atoms with van der Waals surface area (Å²) in [5, 5.41) is 3.66. The Labute approximate surface area is 151 Å². The van der Waals surface area contributed by atoms with Gasteiger partial charge in [-0.05, 0) is 43.2 Å². The Morgan fingerprint density at radius 3 is 2.46 bits per heavy atom. The summed E-state index contributed by atoms with van der Waals surface area (Å²) >= 11 is 11.9. The minimum absolute atomic E-state index is 0.259. The van der Waals surface area contributed by atoms with Gasteiger partial charge in [0.25, 0.3) is 5.91 Å². The Hall–Kier alpha value is -1.78. The van der Waals surface area contributed by atoms with Crippen molar-refractivity contribution in [3.05, 3.63) is 52.3 Å². The molecule has 1 aliphatic heterocycles. The summed E-state index contributed by atoms with van der Waals surface area (Å²) in [7, 11) is 0. The molecule has 0 atom stereocenters. The fourth-order valence-corrected chi connectivity index (χ4v) is 3.14. The lowest BCUT2D eigenvalue weighted by Gasteiger charge is -2.22. The summed E-state index contributed by atoms with van der Waals surface area (Å²) in [5.74, 6) is -0.259. The third kappa shape index (κ3) is 4.19. The summed E-state index contributed by atoms with van der Waals surface area (Å²) in [6.07, 6.45) is 6.60. The van der Waals surface area contributed by atoms with E-state index in [-0.39, 0.29) is 5.91 Å². The van der Waals surface area contributed by atoms with Crippen LogP contribution in [0.3, 0.4) is 0 Å². The van der Waals surface area contributed by atoms with Crippen molar-refractivity contribution >= 4 is 40.5 Å². The minimum Gasteiger partial charge on any atom is -0.371 e. The number of amides is 1. The third-order valence-electron chi connectivity index (χ3n) is 4.12. The predicted molar refractivity (Wildman–Crippen MR) is 99.3 cm³/mol. The number of benzene rings is 1. The third-order valence-corrected chi connectivity index (χ3v) is 4.86. The van der Waals surface area contributed by atoms with Crippen LogP contribution in [0.2, 0.25) is 10.0 Å². The van der Waals surface area contributed by atoms with Gasteiger partial charge in [0.2, 0.25) is 0 Å². The summed E-state index contributed by atoms with van der Waals surface area (Å²) < 4.78 is 0. The highest BCUT2D eigenvalue weighted by atomic mass is 35.5. The number of pyridine rings is 1. The van der Waals surface area contributed by atoms with Crippen LogP contribution in [0.15, 0.2) is 36.5 Å². The SMILES string of the molecule is O=C(Nc1ccc(Cl)c(Cl)c1)c1cc(N2CCCCCC2)ccn1. The molecule has 2 aromatic rings. The van der Waals surface area contributed by atoms with Gasteiger partial charge in [-0.2, -0.15) is 0 Å². The Bertz CT molecular complexity index is 728. The zero-order chi connectivity index (χ0) is 16.9. The highest BCUT2D eigenvalue weighted by molar-refractivity contribution is 6.42. The number of carbonyl (C=O) groups excluding carboxylic acids is 1. The highest BCUT2D eigenvalue weighted by Gasteiger charge is 2.14. The largest absolute Gasteiger partial charge is 0.371 e. The van der Waals surface area contributed by atoms with Crippen LogP contribution in [0.4, 0.5) is 11.4 Å². The highest BCUT2D eigenvalue weighted by Crippen LogP contribution is 2.25. The second kappa shape index (κ2) is 7.86. The van der Waals surface area contributed by atoms with Gasteiger partial charge in [0.1, 0.15) is 5.69 Å².